The van der Waals surface area contributed by atoms with Gasteiger partial charge < -0.3 is 15.4 Å². The highest BCUT2D eigenvalue weighted by atomic mass is 16.5. The molecule has 80 valence electrons. The average Bonchev–Trinajstić information content (AvgIpc) is 2.60. The fourth-order valence-electron chi connectivity index (χ4n) is 1.72. The Balaban J connectivity index is 2.71. The van der Waals surface area contributed by atoms with Crippen molar-refractivity contribution in [1.29, 1.82) is 0 Å². The van der Waals surface area contributed by atoms with Gasteiger partial charge in [-0.05, 0) is 0 Å². The molecule has 2 N–H and O–H groups in total. The van der Waals surface area contributed by atoms with E-state index in [1.165, 1.54) is 4.90 Å². The minimum absolute atomic E-state index is 0.0478. The van der Waals surface area contributed by atoms with E-state index in [2.05, 4.69) is 0 Å². The average molecular weight is 200 g/mol. The summed E-state index contributed by atoms with van der Waals surface area (Å²) in [6, 6.07) is -0.493. The molecule has 5 heteroatoms. The molecule has 1 heterocycles. The SMILES string of the molecule is CCC(=O)N1CC(OC)CC1C(N)=O. The van der Waals surface area contributed by atoms with Crippen LogP contribution in [0.1, 0.15) is 19.8 Å². The topological polar surface area (TPSA) is 72.6 Å². The summed E-state index contributed by atoms with van der Waals surface area (Å²) in [5.74, 6) is -0.500. The minimum Gasteiger partial charge on any atom is -0.380 e. The molecular formula is C9H16N2O3. The smallest absolute Gasteiger partial charge is 0.240 e. The van der Waals surface area contributed by atoms with E-state index >= 15 is 0 Å². The van der Waals surface area contributed by atoms with Gasteiger partial charge >= 0.3 is 0 Å². The van der Waals surface area contributed by atoms with Crippen LogP contribution < -0.4 is 5.73 Å². The number of carbonyl (C=O) groups is 2. The van der Waals surface area contributed by atoms with Crippen LogP contribution in [0.3, 0.4) is 0 Å². The molecule has 0 aromatic carbocycles. The molecule has 0 saturated carbocycles. The number of nitrogens with two attached hydrogens (primary N) is 1. The monoisotopic (exact) mass is 200 g/mol. The van der Waals surface area contributed by atoms with Gasteiger partial charge in [-0.1, -0.05) is 6.92 Å². The third-order valence-corrected chi connectivity index (χ3v) is 2.55. The maximum Gasteiger partial charge on any atom is 0.240 e. The predicted octanol–water partition coefficient (Wildman–Crippen LogP) is -0.502. The second-order valence-electron chi connectivity index (χ2n) is 3.41. The Hall–Kier alpha value is -1.10. The summed E-state index contributed by atoms with van der Waals surface area (Å²) in [7, 11) is 1.57. The van der Waals surface area contributed by atoms with Crippen molar-refractivity contribution in [2.75, 3.05) is 13.7 Å². The molecule has 0 aliphatic carbocycles. The van der Waals surface area contributed by atoms with Crippen molar-refractivity contribution in [2.24, 2.45) is 5.73 Å². The lowest BCUT2D eigenvalue weighted by Crippen LogP contribution is -2.43. The molecule has 2 amide bonds. The zero-order valence-electron chi connectivity index (χ0n) is 8.53. The van der Waals surface area contributed by atoms with Crippen molar-refractivity contribution >= 4 is 11.8 Å². The van der Waals surface area contributed by atoms with Crippen LogP contribution in [0.5, 0.6) is 0 Å². The van der Waals surface area contributed by atoms with Crippen LogP contribution in [0.2, 0.25) is 0 Å². The molecule has 2 unspecified atom stereocenters. The molecule has 2 atom stereocenters. The Labute approximate surface area is 83.2 Å². The third kappa shape index (κ3) is 2.04. The molecule has 5 nitrogen and oxygen atoms in total. The normalized spacial score (nSPS) is 26.6. The number of hydrogen-bond acceptors (Lipinski definition) is 3. The lowest BCUT2D eigenvalue weighted by Gasteiger charge is -2.20. The summed E-state index contributed by atoms with van der Waals surface area (Å²) in [5.41, 5.74) is 5.21. The van der Waals surface area contributed by atoms with Gasteiger partial charge in [-0.2, -0.15) is 0 Å². The van der Waals surface area contributed by atoms with Gasteiger partial charge in [0, 0.05) is 26.5 Å². The number of rotatable bonds is 3. The molecule has 0 aromatic rings. The summed E-state index contributed by atoms with van der Waals surface area (Å²) in [5, 5.41) is 0. The van der Waals surface area contributed by atoms with Crippen LogP contribution >= 0.6 is 0 Å². The zero-order valence-corrected chi connectivity index (χ0v) is 8.53. The number of carbonyl (C=O) groups excluding carboxylic acids is 2. The Morgan fingerprint density at radius 3 is 2.64 bits per heavy atom. The maximum atomic E-state index is 11.5. The van der Waals surface area contributed by atoms with Gasteiger partial charge in [-0.15, -0.1) is 0 Å². The van der Waals surface area contributed by atoms with Gasteiger partial charge in [0.2, 0.25) is 11.8 Å². The van der Waals surface area contributed by atoms with E-state index in [0.717, 1.165) is 0 Å². The van der Waals surface area contributed by atoms with E-state index in [9.17, 15) is 9.59 Å². The molecule has 1 fully saturated rings. The quantitative estimate of drug-likeness (QED) is 0.667. The molecule has 1 aliphatic heterocycles. The van der Waals surface area contributed by atoms with E-state index in [1.54, 1.807) is 14.0 Å². The molecule has 14 heavy (non-hydrogen) atoms. The van der Waals surface area contributed by atoms with Crippen molar-refractivity contribution in [3.8, 4) is 0 Å². The summed E-state index contributed by atoms with van der Waals surface area (Å²) >= 11 is 0. The molecule has 1 saturated heterocycles. The Kier molecular flexibility index (Phi) is 3.46. The van der Waals surface area contributed by atoms with Gasteiger partial charge in [0.05, 0.1) is 6.10 Å². The highest BCUT2D eigenvalue weighted by molar-refractivity contribution is 5.87. The van der Waals surface area contributed by atoms with E-state index in [1.807, 2.05) is 0 Å². The summed E-state index contributed by atoms with van der Waals surface area (Å²) in [6.07, 6.45) is 0.834. The summed E-state index contributed by atoms with van der Waals surface area (Å²) in [4.78, 5) is 24.0. The second-order valence-corrected chi connectivity index (χ2v) is 3.41. The first-order valence-corrected chi connectivity index (χ1v) is 4.71. The van der Waals surface area contributed by atoms with Crippen LogP contribution in [-0.4, -0.2) is 42.5 Å². The Morgan fingerprint density at radius 2 is 2.21 bits per heavy atom. The van der Waals surface area contributed by atoms with Crippen molar-refractivity contribution in [3.63, 3.8) is 0 Å². The summed E-state index contributed by atoms with van der Waals surface area (Å²) in [6.45, 7) is 2.23. The molecule has 1 aliphatic rings. The van der Waals surface area contributed by atoms with Crippen molar-refractivity contribution in [1.82, 2.24) is 4.90 Å². The molecular weight excluding hydrogens is 184 g/mol. The minimum atomic E-state index is -0.493. The number of likely N-dealkylation sites (tertiary alicyclic amines) is 1. The molecule has 0 aromatic heterocycles. The number of methoxy groups -OCH3 is 1. The van der Waals surface area contributed by atoms with Gasteiger partial charge in [0.15, 0.2) is 0 Å². The van der Waals surface area contributed by atoms with Crippen molar-refractivity contribution < 1.29 is 14.3 Å². The van der Waals surface area contributed by atoms with E-state index < -0.39 is 11.9 Å². The molecule has 1 rings (SSSR count). The summed E-state index contributed by atoms with van der Waals surface area (Å²) < 4.78 is 5.11. The lowest BCUT2D eigenvalue weighted by atomic mass is 10.2. The third-order valence-electron chi connectivity index (χ3n) is 2.55. The van der Waals surface area contributed by atoms with E-state index in [4.69, 9.17) is 10.5 Å². The Bertz CT molecular complexity index is 242. The van der Waals surface area contributed by atoms with E-state index in [0.29, 0.717) is 19.4 Å². The van der Waals surface area contributed by atoms with Gasteiger partial charge in [-0.25, -0.2) is 0 Å². The number of hydrogen-bond donors (Lipinski definition) is 1. The fourth-order valence-corrected chi connectivity index (χ4v) is 1.72. The first-order valence-electron chi connectivity index (χ1n) is 4.71. The highest BCUT2D eigenvalue weighted by Gasteiger charge is 2.37. The van der Waals surface area contributed by atoms with Gasteiger partial charge in [0.1, 0.15) is 6.04 Å². The van der Waals surface area contributed by atoms with Gasteiger partial charge in [-0.3, -0.25) is 9.59 Å². The highest BCUT2D eigenvalue weighted by Crippen LogP contribution is 2.20. The number of nitrogens with zero attached hydrogens (tertiary/aromatic N) is 1. The second kappa shape index (κ2) is 4.41. The van der Waals surface area contributed by atoms with Crippen LogP contribution in [0.25, 0.3) is 0 Å². The lowest BCUT2D eigenvalue weighted by molar-refractivity contribution is -0.137. The number of amides is 2. The van der Waals surface area contributed by atoms with Crippen LogP contribution in [0.4, 0.5) is 0 Å². The van der Waals surface area contributed by atoms with Crippen molar-refractivity contribution in [2.45, 2.75) is 31.9 Å². The predicted molar refractivity (Wildman–Crippen MR) is 50.4 cm³/mol. The zero-order chi connectivity index (χ0) is 10.7. The standard InChI is InChI=1S/C9H16N2O3/c1-3-8(12)11-5-6(14-2)4-7(11)9(10)13/h6-7H,3-5H2,1-2H3,(H2,10,13). The first kappa shape index (κ1) is 11.0. The molecule has 0 radical (unpaired) electrons. The molecule has 0 bridgehead atoms. The van der Waals surface area contributed by atoms with Gasteiger partial charge in [0.25, 0.3) is 0 Å². The fraction of sp³-hybridized carbons (Fsp3) is 0.778. The van der Waals surface area contributed by atoms with Crippen LogP contribution in [0.15, 0.2) is 0 Å². The molecule has 0 spiro atoms. The van der Waals surface area contributed by atoms with Crippen LogP contribution in [0, 0.1) is 0 Å². The maximum absolute atomic E-state index is 11.5. The largest absolute Gasteiger partial charge is 0.380 e. The Morgan fingerprint density at radius 1 is 1.57 bits per heavy atom. The van der Waals surface area contributed by atoms with Crippen molar-refractivity contribution in [3.05, 3.63) is 0 Å². The number of primary amides is 1. The first-order chi connectivity index (χ1) is 6.60. The number of ether oxygens (including phenoxy) is 1. The van der Waals surface area contributed by atoms with Crippen LogP contribution in [-0.2, 0) is 14.3 Å². The van der Waals surface area contributed by atoms with E-state index in [-0.39, 0.29) is 12.0 Å².